The van der Waals surface area contributed by atoms with Gasteiger partial charge in [0, 0.05) is 16.8 Å². The molecule has 0 fully saturated rings. The Hall–Kier alpha value is -2.82. The van der Waals surface area contributed by atoms with Crippen LogP contribution in [0, 0.1) is 13.8 Å². The average Bonchev–Trinajstić information content (AvgIpc) is 3.09. The maximum absolute atomic E-state index is 12.5. The van der Waals surface area contributed by atoms with Gasteiger partial charge in [0.25, 0.3) is 5.91 Å². The van der Waals surface area contributed by atoms with Gasteiger partial charge in [-0.15, -0.1) is 0 Å². The van der Waals surface area contributed by atoms with Crippen LogP contribution in [0.1, 0.15) is 21.5 Å². The second-order valence-electron chi connectivity index (χ2n) is 6.58. The van der Waals surface area contributed by atoms with E-state index in [1.807, 2.05) is 18.2 Å². The molecule has 6 heteroatoms. The average molecular weight is 411 g/mol. The Morgan fingerprint density at radius 1 is 0.929 bits per heavy atom. The zero-order chi connectivity index (χ0) is 19.8. The molecule has 4 nitrogen and oxygen atoms in total. The highest BCUT2D eigenvalue weighted by molar-refractivity contribution is 6.42. The molecule has 1 heterocycles. The lowest BCUT2D eigenvalue weighted by molar-refractivity contribution is 0.102. The highest BCUT2D eigenvalue weighted by Gasteiger charge is 2.12. The second-order valence-corrected chi connectivity index (χ2v) is 7.40. The van der Waals surface area contributed by atoms with Gasteiger partial charge in [-0.25, -0.2) is 4.98 Å². The largest absolute Gasteiger partial charge is 0.436 e. The van der Waals surface area contributed by atoms with Crippen LogP contribution in [-0.2, 0) is 0 Å². The number of hydrogen-bond donors (Lipinski definition) is 1. The summed E-state index contributed by atoms with van der Waals surface area (Å²) in [6.07, 6.45) is 0. The number of hydrogen-bond acceptors (Lipinski definition) is 3. The van der Waals surface area contributed by atoms with Gasteiger partial charge in [-0.2, -0.15) is 0 Å². The van der Waals surface area contributed by atoms with Gasteiger partial charge >= 0.3 is 0 Å². The number of carbonyl (C=O) groups is 1. The summed E-state index contributed by atoms with van der Waals surface area (Å²) in [5.74, 6) is 0.266. The lowest BCUT2D eigenvalue weighted by atomic mass is 10.1. The first kappa shape index (κ1) is 18.5. The molecule has 0 radical (unpaired) electrons. The molecule has 3 aromatic carbocycles. The summed E-state index contributed by atoms with van der Waals surface area (Å²) in [6, 6.07) is 16.2. The van der Waals surface area contributed by atoms with Crippen molar-refractivity contribution in [3.05, 3.63) is 81.3 Å². The summed E-state index contributed by atoms with van der Waals surface area (Å²) in [5, 5.41) is 3.58. The Bertz CT molecular complexity index is 1210. The smallest absolute Gasteiger partial charge is 0.255 e. The van der Waals surface area contributed by atoms with Gasteiger partial charge in [0.05, 0.1) is 10.0 Å². The fourth-order valence-corrected chi connectivity index (χ4v) is 3.14. The van der Waals surface area contributed by atoms with Crippen LogP contribution in [0.2, 0.25) is 10.0 Å². The molecule has 0 aliphatic rings. The van der Waals surface area contributed by atoms with Crippen molar-refractivity contribution in [2.24, 2.45) is 0 Å². The molecule has 4 rings (SSSR count). The molecule has 28 heavy (non-hydrogen) atoms. The monoisotopic (exact) mass is 410 g/mol. The Labute approximate surface area is 172 Å². The molecule has 140 valence electrons. The summed E-state index contributed by atoms with van der Waals surface area (Å²) in [6.45, 7) is 4.12. The van der Waals surface area contributed by atoms with Crippen LogP contribution in [-0.4, -0.2) is 10.9 Å². The first-order chi connectivity index (χ1) is 13.4. The highest BCUT2D eigenvalue weighted by atomic mass is 35.5. The van der Waals surface area contributed by atoms with E-state index in [0.717, 1.165) is 5.56 Å². The first-order valence-corrected chi connectivity index (χ1v) is 9.41. The number of rotatable bonds is 3. The fourth-order valence-electron chi connectivity index (χ4n) is 2.84. The molecule has 0 bridgehead atoms. The van der Waals surface area contributed by atoms with E-state index in [-0.39, 0.29) is 5.91 Å². The maximum atomic E-state index is 12.5. The van der Waals surface area contributed by atoms with Crippen LogP contribution in [0.5, 0.6) is 0 Å². The van der Waals surface area contributed by atoms with E-state index >= 15 is 0 Å². The normalized spacial score (nSPS) is 11.0. The minimum Gasteiger partial charge on any atom is -0.436 e. The van der Waals surface area contributed by atoms with Gasteiger partial charge in [0.2, 0.25) is 5.89 Å². The van der Waals surface area contributed by atoms with E-state index in [9.17, 15) is 4.79 Å². The number of nitrogens with one attached hydrogen (secondary N) is 1. The van der Waals surface area contributed by atoms with Gasteiger partial charge < -0.3 is 9.73 Å². The zero-order valence-electron chi connectivity index (χ0n) is 15.2. The van der Waals surface area contributed by atoms with Crippen molar-refractivity contribution >= 4 is 45.9 Å². The lowest BCUT2D eigenvalue weighted by Crippen LogP contribution is -2.11. The number of aryl methyl sites for hydroxylation is 2. The van der Waals surface area contributed by atoms with Crippen LogP contribution >= 0.6 is 23.2 Å². The van der Waals surface area contributed by atoms with E-state index in [4.69, 9.17) is 27.6 Å². The van der Waals surface area contributed by atoms with Crippen LogP contribution in [0.15, 0.2) is 59.0 Å². The van der Waals surface area contributed by atoms with E-state index in [1.54, 1.807) is 30.3 Å². The third-order valence-corrected chi connectivity index (χ3v) is 5.32. The first-order valence-electron chi connectivity index (χ1n) is 8.65. The van der Waals surface area contributed by atoms with Crippen molar-refractivity contribution in [3.8, 4) is 11.5 Å². The molecule has 1 aromatic heterocycles. The fraction of sp³-hybridized carbons (Fsp3) is 0.0909. The van der Waals surface area contributed by atoms with Crippen LogP contribution in [0.25, 0.3) is 22.6 Å². The van der Waals surface area contributed by atoms with Gasteiger partial charge in [0.15, 0.2) is 5.58 Å². The number of benzene rings is 3. The predicted octanol–water partition coefficient (Wildman–Crippen LogP) is 6.67. The van der Waals surface area contributed by atoms with Crippen molar-refractivity contribution < 1.29 is 9.21 Å². The SMILES string of the molecule is Cc1ccc(-c2nc3cc(NC(=O)c4ccc(Cl)c(Cl)c4)ccc3o2)cc1C. The lowest BCUT2D eigenvalue weighted by Gasteiger charge is -2.06. The number of aromatic nitrogens is 1. The second kappa shape index (κ2) is 7.30. The minimum atomic E-state index is -0.282. The van der Waals surface area contributed by atoms with Gasteiger partial charge in [-0.1, -0.05) is 29.3 Å². The molecule has 1 N–H and O–H groups in total. The van der Waals surface area contributed by atoms with E-state index in [2.05, 4.69) is 24.1 Å². The number of amides is 1. The Morgan fingerprint density at radius 2 is 1.75 bits per heavy atom. The highest BCUT2D eigenvalue weighted by Crippen LogP contribution is 2.28. The van der Waals surface area contributed by atoms with E-state index < -0.39 is 0 Å². The predicted molar refractivity (Wildman–Crippen MR) is 113 cm³/mol. The number of nitrogens with zero attached hydrogens (tertiary/aromatic N) is 1. The number of oxazole rings is 1. The Kier molecular flexibility index (Phi) is 4.84. The van der Waals surface area contributed by atoms with Crippen molar-refractivity contribution in [1.82, 2.24) is 4.98 Å². The van der Waals surface area contributed by atoms with Crippen molar-refractivity contribution in [2.75, 3.05) is 5.32 Å². The maximum Gasteiger partial charge on any atom is 0.255 e. The summed E-state index contributed by atoms with van der Waals surface area (Å²) >= 11 is 11.9. The van der Waals surface area contributed by atoms with Crippen molar-refractivity contribution in [1.29, 1.82) is 0 Å². The topological polar surface area (TPSA) is 55.1 Å². The van der Waals surface area contributed by atoms with E-state index in [0.29, 0.717) is 38.3 Å². The van der Waals surface area contributed by atoms with E-state index in [1.165, 1.54) is 17.2 Å². The summed E-state index contributed by atoms with van der Waals surface area (Å²) in [5.41, 5.74) is 5.66. The zero-order valence-corrected chi connectivity index (χ0v) is 16.7. The molecular weight excluding hydrogens is 395 g/mol. The minimum absolute atomic E-state index is 0.282. The number of fused-ring (bicyclic) bond motifs is 1. The molecule has 0 aliphatic heterocycles. The molecule has 4 aromatic rings. The number of anilines is 1. The number of carbonyl (C=O) groups excluding carboxylic acids is 1. The quantitative estimate of drug-likeness (QED) is 0.410. The van der Waals surface area contributed by atoms with Gasteiger partial charge in [-0.05, 0) is 73.5 Å². The molecule has 0 unspecified atom stereocenters. The van der Waals surface area contributed by atoms with Gasteiger partial charge in [-0.3, -0.25) is 4.79 Å². The van der Waals surface area contributed by atoms with Crippen LogP contribution in [0.3, 0.4) is 0 Å². The van der Waals surface area contributed by atoms with Crippen molar-refractivity contribution in [3.63, 3.8) is 0 Å². The number of halogens is 2. The van der Waals surface area contributed by atoms with Gasteiger partial charge in [0.1, 0.15) is 5.52 Å². The summed E-state index contributed by atoms with van der Waals surface area (Å²) in [4.78, 5) is 17.0. The molecular formula is C22H16Cl2N2O2. The third kappa shape index (κ3) is 3.61. The van der Waals surface area contributed by atoms with Crippen LogP contribution in [0.4, 0.5) is 5.69 Å². The Morgan fingerprint density at radius 3 is 2.50 bits per heavy atom. The molecule has 0 saturated heterocycles. The molecule has 0 atom stereocenters. The van der Waals surface area contributed by atoms with Crippen LogP contribution < -0.4 is 5.32 Å². The summed E-state index contributed by atoms with van der Waals surface area (Å²) in [7, 11) is 0. The molecule has 0 saturated carbocycles. The third-order valence-electron chi connectivity index (χ3n) is 4.58. The van der Waals surface area contributed by atoms with Crippen molar-refractivity contribution in [2.45, 2.75) is 13.8 Å². The molecule has 0 spiro atoms. The summed E-state index contributed by atoms with van der Waals surface area (Å²) < 4.78 is 5.87. The molecule has 0 aliphatic carbocycles. The Balaban J connectivity index is 1.61. The standard InChI is InChI=1S/C22H16Cl2N2O2/c1-12-3-4-15(9-13(12)2)22-26-19-11-16(6-8-20(19)28-22)25-21(27)14-5-7-17(23)18(24)10-14/h3-11H,1-2H3,(H,25,27). The molecule has 1 amide bonds.